The van der Waals surface area contributed by atoms with Crippen molar-refractivity contribution in [2.45, 2.75) is 38.6 Å². The Morgan fingerprint density at radius 2 is 2.40 bits per heavy atom. The van der Waals surface area contributed by atoms with E-state index in [-0.39, 0.29) is 6.04 Å². The Bertz CT molecular complexity index is 639. The molecule has 0 bridgehead atoms. The zero-order valence-electron chi connectivity index (χ0n) is 11.5. The second-order valence-corrected chi connectivity index (χ2v) is 5.04. The van der Waals surface area contributed by atoms with Gasteiger partial charge < -0.3 is 10.3 Å². The fourth-order valence-electron chi connectivity index (χ4n) is 2.66. The van der Waals surface area contributed by atoms with Crippen LogP contribution >= 0.6 is 0 Å². The van der Waals surface area contributed by atoms with Crippen LogP contribution < -0.4 is 5.32 Å². The SMILES string of the molecule is CCC(Nc1nc2c(cc1C#N)CCC2)c1ncc[nH]1. The molecular formula is C15H17N5. The predicted molar refractivity (Wildman–Crippen MR) is 76.2 cm³/mol. The van der Waals surface area contributed by atoms with Crippen LogP contribution in [-0.4, -0.2) is 15.0 Å². The molecular weight excluding hydrogens is 250 g/mol. The van der Waals surface area contributed by atoms with Crippen LogP contribution in [0, 0.1) is 11.3 Å². The molecule has 2 aromatic rings. The highest BCUT2D eigenvalue weighted by Crippen LogP contribution is 2.27. The quantitative estimate of drug-likeness (QED) is 0.892. The number of fused-ring (bicyclic) bond motifs is 1. The molecule has 0 amide bonds. The Hall–Kier alpha value is -2.35. The van der Waals surface area contributed by atoms with Crippen LogP contribution in [0.5, 0.6) is 0 Å². The lowest BCUT2D eigenvalue weighted by atomic mass is 10.1. The minimum Gasteiger partial charge on any atom is -0.359 e. The first-order valence-electron chi connectivity index (χ1n) is 7.00. The van der Waals surface area contributed by atoms with Crippen molar-refractivity contribution in [1.82, 2.24) is 15.0 Å². The molecule has 1 aliphatic rings. The Labute approximate surface area is 118 Å². The van der Waals surface area contributed by atoms with Crippen LogP contribution in [0.15, 0.2) is 18.5 Å². The van der Waals surface area contributed by atoms with E-state index in [4.69, 9.17) is 0 Å². The molecule has 5 nitrogen and oxygen atoms in total. The minimum atomic E-state index is 0.0454. The van der Waals surface area contributed by atoms with Crippen molar-refractivity contribution in [1.29, 1.82) is 5.26 Å². The molecule has 0 saturated carbocycles. The first-order chi connectivity index (χ1) is 9.81. The van der Waals surface area contributed by atoms with Crippen molar-refractivity contribution in [3.8, 4) is 6.07 Å². The number of H-pyrrole nitrogens is 1. The molecule has 1 aliphatic carbocycles. The summed E-state index contributed by atoms with van der Waals surface area (Å²) in [5.41, 5.74) is 2.97. The molecule has 3 rings (SSSR count). The molecule has 2 N–H and O–H groups in total. The summed E-state index contributed by atoms with van der Waals surface area (Å²) in [6, 6.07) is 4.27. The molecule has 2 aromatic heterocycles. The lowest BCUT2D eigenvalue weighted by molar-refractivity contribution is 0.699. The molecule has 0 radical (unpaired) electrons. The molecule has 0 saturated heterocycles. The van der Waals surface area contributed by atoms with Gasteiger partial charge in [0.15, 0.2) is 0 Å². The van der Waals surface area contributed by atoms with Gasteiger partial charge in [-0.15, -0.1) is 0 Å². The first kappa shape index (κ1) is 12.7. The summed E-state index contributed by atoms with van der Waals surface area (Å²) < 4.78 is 0. The van der Waals surface area contributed by atoms with Crippen LogP contribution in [0.4, 0.5) is 5.82 Å². The standard InChI is InChI=1S/C15H17N5/c1-2-12(15-17-6-7-18-15)19-14-11(9-16)8-10-4-3-5-13(10)20-14/h6-8,12H,2-5H2,1H3,(H,17,18)(H,19,20). The number of aromatic nitrogens is 3. The second-order valence-electron chi connectivity index (χ2n) is 5.04. The topological polar surface area (TPSA) is 77.4 Å². The van der Waals surface area contributed by atoms with Gasteiger partial charge in [0.05, 0.1) is 11.6 Å². The van der Waals surface area contributed by atoms with Gasteiger partial charge in [-0.05, 0) is 37.3 Å². The van der Waals surface area contributed by atoms with E-state index >= 15 is 0 Å². The number of anilines is 1. The first-order valence-corrected chi connectivity index (χ1v) is 7.00. The number of imidazole rings is 1. The van der Waals surface area contributed by atoms with Crippen molar-refractivity contribution in [3.05, 3.63) is 41.1 Å². The van der Waals surface area contributed by atoms with Crippen LogP contribution in [0.2, 0.25) is 0 Å². The Morgan fingerprint density at radius 3 is 3.10 bits per heavy atom. The van der Waals surface area contributed by atoms with E-state index < -0.39 is 0 Å². The minimum absolute atomic E-state index is 0.0454. The molecule has 0 aromatic carbocycles. The largest absolute Gasteiger partial charge is 0.359 e. The summed E-state index contributed by atoms with van der Waals surface area (Å²) in [7, 11) is 0. The highest BCUT2D eigenvalue weighted by atomic mass is 15.1. The van der Waals surface area contributed by atoms with Gasteiger partial charge in [0, 0.05) is 18.1 Å². The van der Waals surface area contributed by atoms with Gasteiger partial charge in [0.25, 0.3) is 0 Å². The van der Waals surface area contributed by atoms with Crippen LogP contribution in [0.1, 0.15) is 48.5 Å². The fourth-order valence-corrected chi connectivity index (χ4v) is 2.66. The maximum Gasteiger partial charge on any atom is 0.144 e. The maximum atomic E-state index is 9.31. The van der Waals surface area contributed by atoms with Gasteiger partial charge in [-0.3, -0.25) is 0 Å². The smallest absolute Gasteiger partial charge is 0.144 e. The number of nitriles is 1. The number of rotatable bonds is 4. The van der Waals surface area contributed by atoms with Gasteiger partial charge in [-0.25, -0.2) is 9.97 Å². The van der Waals surface area contributed by atoms with Crippen molar-refractivity contribution >= 4 is 5.82 Å². The van der Waals surface area contributed by atoms with Crippen LogP contribution in [0.25, 0.3) is 0 Å². The summed E-state index contributed by atoms with van der Waals surface area (Å²) in [6.07, 6.45) is 7.59. The number of hydrogen-bond donors (Lipinski definition) is 2. The van der Waals surface area contributed by atoms with E-state index in [9.17, 15) is 5.26 Å². The number of aromatic amines is 1. The lowest BCUT2D eigenvalue weighted by Gasteiger charge is -2.17. The zero-order chi connectivity index (χ0) is 13.9. The van der Waals surface area contributed by atoms with E-state index in [2.05, 4.69) is 33.3 Å². The van der Waals surface area contributed by atoms with E-state index in [1.165, 1.54) is 5.56 Å². The molecule has 20 heavy (non-hydrogen) atoms. The van der Waals surface area contributed by atoms with E-state index in [0.29, 0.717) is 11.4 Å². The molecule has 0 spiro atoms. The van der Waals surface area contributed by atoms with Crippen molar-refractivity contribution in [2.75, 3.05) is 5.32 Å². The highest BCUT2D eigenvalue weighted by Gasteiger charge is 2.19. The Morgan fingerprint density at radius 1 is 1.50 bits per heavy atom. The Kier molecular flexibility index (Phi) is 3.38. The van der Waals surface area contributed by atoms with Gasteiger partial charge in [0.1, 0.15) is 17.7 Å². The van der Waals surface area contributed by atoms with Crippen LogP contribution in [0.3, 0.4) is 0 Å². The third kappa shape index (κ3) is 2.25. The molecule has 0 fully saturated rings. The molecule has 1 unspecified atom stereocenters. The lowest BCUT2D eigenvalue weighted by Crippen LogP contribution is -2.14. The highest BCUT2D eigenvalue weighted by molar-refractivity contribution is 5.55. The van der Waals surface area contributed by atoms with Gasteiger partial charge in [-0.1, -0.05) is 6.92 Å². The average molecular weight is 267 g/mol. The number of hydrogen-bond acceptors (Lipinski definition) is 4. The molecule has 0 aliphatic heterocycles. The third-order valence-electron chi connectivity index (χ3n) is 3.74. The zero-order valence-corrected chi connectivity index (χ0v) is 11.5. The van der Waals surface area contributed by atoms with Gasteiger partial charge in [-0.2, -0.15) is 5.26 Å². The summed E-state index contributed by atoms with van der Waals surface area (Å²) in [4.78, 5) is 12.0. The maximum absolute atomic E-state index is 9.31. The summed E-state index contributed by atoms with van der Waals surface area (Å²) in [5.74, 6) is 1.55. The number of aryl methyl sites for hydroxylation is 2. The number of nitrogens with one attached hydrogen (secondary N) is 2. The van der Waals surface area contributed by atoms with E-state index in [0.717, 1.165) is 37.2 Å². The van der Waals surface area contributed by atoms with Crippen molar-refractivity contribution in [2.24, 2.45) is 0 Å². The summed E-state index contributed by atoms with van der Waals surface area (Å²) >= 11 is 0. The van der Waals surface area contributed by atoms with Gasteiger partial charge >= 0.3 is 0 Å². The summed E-state index contributed by atoms with van der Waals surface area (Å²) in [5, 5.41) is 12.7. The average Bonchev–Trinajstić information content (AvgIpc) is 3.14. The number of pyridine rings is 1. The fraction of sp³-hybridized carbons (Fsp3) is 0.400. The van der Waals surface area contributed by atoms with E-state index in [1.54, 1.807) is 12.4 Å². The Balaban J connectivity index is 1.92. The predicted octanol–water partition coefficient (Wildman–Crippen LogP) is 2.73. The molecule has 2 heterocycles. The normalized spacial score (nSPS) is 14.6. The third-order valence-corrected chi connectivity index (χ3v) is 3.74. The van der Waals surface area contributed by atoms with E-state index in [1.807, 2.05) is 6.07 Å². The second kappa shape index (κ2) is 5.33. The number of nitrogens with zero attached hydrogens (tertiary/aromatic N) is 3. The van der Waals surface area contributed by atoms with Gasteiger partial charge in [0.2, 0.25) is 0 Å². The van der Waals surface area contributed by atoms with Crippen LogP contribution in [-0.2, 0) is 12.8 Å². The molecule has 102 valence electrons. The van der Waals surface area contributed by atoms with Crippen molar-refractivity contribution in [3.63, 3.8) is 0 Å². The summed E-state index contributed by atoms with van der Waals surface area (Å²) in [6.45, 7) is 2.08. The monoisotopic (exact) mass is 267 g/mol. The molecule has 5 heteroatoms. The van der Waals surface area contributed by atoms with Crippen molar-refractivity contribution < 1.29 is 0 Å². The molecule has 1 atom stereocenters.